The Labute approximate surface area is 156 Å². The van der Waals surface area contributed by atoms with Gasteiger partial charge in [0.15, 0.2) is 0 Å². The van der Waals surface area contributed by atoms with Crippen LogP contribution in [0, 0.1) is 0 Å². The van der Waals surface area contributed by atoms with Crippen molar-refractivity contribution in [3.63, 3.8) is 0 Å². The van der Waals surface area contributed by atoms with Crippen LogP contribution in [0.4, 0.5) is 5.82 Å². The van der Waals surface area contributed by atoms with Gasteiger partial charge >= 0.3 is 0 Å². The molecule has 8 heteroatoms. The molecular weight excluding hydrogens is 350 g/mol. The highest BCUT2D eigenvalue weighted by Crippen LogP contribution is 2.38. The summed E-state index contributed by atoms with van der Waals surface area (Å²) in [5.41, 5.74) is 3.20. The van der Waals surface area contributed by atoms with E-state index in [9.17, 15) is 5.11 Å². The Hall–Kier alpha value is -2.03. The van der Waals surface area contributed by atoms with Crippen LogP contribution in [0.25, 0.3) is 21.6 Å². The maximum Gasteiger partial charge on any atom is 0.130 e. The topological polar surface area (TPSA) is 87.2 Å². The van der Waals surface area contributed by atoms with E-state index in [1.54, 1.807) is 6.20 Å². The van der Waals surface area contributed by atoms with Gasteiger partial charge in [0.2, 0.25) is 0 Å². The fraction of sp³-hybridized carbons (Fsp3) is 0.500. The van der Waals surface area contributed by atoms with Gasteiger partial charge in [-0.3, -0.25) is 5.10 Å². The molecule has 1 atom stereocenters. The van der Waals surface area contributed by atoms with E-state index in [2.05, 4.69) is 32.5 Å². The Morgan fingerprint density at radius 3 is 3.00 bits per heavy atom. The summed E-state index contributed by atoms with van der Waals surface area (Å²) in [6.07, 6.45) is 1.72. The van der Waals surface area contributed by atoms with Crippen LogP contribution in [-0.2, 0) is 10.2 Å². The zero-order chi connectivity index (χ0) is 18.3. The van der Waals surface area contributed by atoms with Gasteiger partial charge in [0.1, 0.15) is 17.0 Å². The number of anilines is 1. The molecule has 0 spiro atoms. The molecule has 138 valence electrons. The van der Waals surface area contributed by atoms with Gasteiger partial charge in [0, 0.05) is 18.2 Å². The molecule has 3 aromatic rings. The number of aliphatic hydroxyl groups is 1. The Morgan fingerprint density at radius 1 is 1.46 bits per heavy atom. The van der Waals surface area contributed by atoms with Crippen LogP contribution >= 0.6 is 11.5 Å². The van der Waals surface area contributed by atoms with Crippen molar-refractivity contribution in [2.75, 3.05) is 31.3 Å². The monoisotopic (exact) mass is 373 g/mol. The molecule has 0 unspecified atom stereocenters. The smallest absolute Gasteiger partial charge is 0.130 e. The molecule has 4 heterocycles. The minimum atomic E-state index is -0.386. The van der Waals surface area contributed by atoms with Crippen molar-refractivity contribution < 1.29 is 9.84 Å². The van der Waals surface area contributed by atoms with Crippen LogP contribution in [0.2, 0.25) is 0 Å². The third-order valence-electron chi connectivity index (χ3n) is 4.95. The predicted molar refractivity (Wildman–Crippen MR) is 103 cm³/mol. The van der Waals surface area contributed by atoms with Crippen LogP contribution in [0.15, 0.2) is 18.3 Å². The van der Waals surface area contributed by atoms with Gasteiger partial charge in [-0.05, 0) is 36.2 Å². The number of H-pyrrole nitrogens is 1. The van der Waals surface area contributed by atoms with Crippen LogP contribution in [0.5, 0.6) is 0 Å². The van der Waals surface area contributed by atoms with E-state index in [0.29, 0.717) is 13.2 Å². The lowest BCUT2D eigenvalue weighted by Crippen LogP contribution is -2.44. The summed E-state index contributed by atoms with van der Waals surface area (Å²) in [5, 5.41) is 17.0. The summed E-state index contributed by atoms with van der Waals surface area (Å²) in [6.45, 7) is 8.47. The first-order valence-corrected chi connectivity index (χ1v) is 9.54. The highest BCUT2D eigenvalue weighted by molar-refractivity contribution is 7.13. The van der Waals surface area contributed by atoms with Crippen molar-refractivity contribution in [3.8, 4) is 11.4 Å². The summed E-state index contributed by atoms with van der Waals surface area (Å²) in [6, 6.07) is 4.26. The number of ether oxygens (including phenoxy) is 1. The van der Waals surface area contributed by atoms with Gasteiger partial charge in [-0.15, -0.1) is 0 Å². The summed E-state index contributed by atoms with van der Waals surface area (Å²) >= 11 is 1.42. The molecule has 7 nitrogen and oxygen atoms in total. The molecule has 0 radical (unpaired) electrons. The van der Waals surface area contributed by atoms with E-state index in [1.165, 1.54) is 11.5 Å². The summed E-state index contributed by atoms with van der Waals surface area (Å²) < 4.78 is 11.2. The molecular formula is C18H23N5O2S. The lowest BCUT2D eigenvalue weighted by Gasteiger charge is -2.35. The predicted octanol–water partition coefficient (Wildman–Crippen LogP) is 2.58. The van der Waals surface area contributed by atoms with Crippen molar-refractivity contribution in [2.24, 2.45) is 0 Å². The molecule has 26 heavy (non-hydrogen) atoms. The van der Waals surface area contributed by atoms with E-state index < -0.39 is 0 Å². The Bertz CT molecular complexity index is 906. The number of aromatic nitrogens is 4. The van der Waals surface area contributed by atoms with Crippen LogP contribution in [-0.4, -0.2) is 57.1 Å². The molecule has 0 aliphatic carbocycles. The third kappa shape index (κ3) is 2.87. The van der Waals surface area contributed by atoms with E-state index in [4.69, 9.17) is 9.72 Å². The molecule has 1 fully saturated rings. The highest BCUT2D eigenvalue weighted by Gasteiger charge is 2.29. The molecule has 0 bridgehead atoms. The first-order chi connectivity index (χ1) is 12.5. The van der Waals surface area contributed by atoms with E-state index in [-0.39, 0.29) is 18.1 Å². The zero-order valence-corrected chi connectivity index (χ0v) is 16.0. The van der Waals surface area contributed by atoms with Crippen molar-refractivity contribution in [2.45, 2.75) is 32.2 Å². The molecule has 0 aromatic carbocycles. The van der Waals surface area contributed by atoms with E-state index in [1.807, 2.05) is 19.9 Å². The lowest BCUT2D eigenvalue weighted by molar-refractivity contribution is 0.0985. The largest absolute Gasteiger partial charge is 0.395 e. The molecule has 0 amide bonds. The second-order valence-corrected chi connectivity index (χ2v) is 8.14. The van der Waals surface area contributed by atoms with Gasteiger partial charge in [-0.25, -0.2) is 4.98 Å². The van der Waals surface area contributed by atoms with Crippen molar-refractivity contribution in [1.82, 2.24) is 19.6 Å². The number of hydrogen-bond donors (Lipinski definition) is 2. The van der Waals surface area contributed by atoms with Crippen molar-refractivity contribution >= 4 is 27.6 Å². The minimum absolute atomic E-state index is 0.0571. The number of hydrogen-bond acceptors (Lipinski definition) is 7. The number of nitrogens with one attached hydrogen (secondary N) is 1. The van der Waals surface area contributed by atoms with Crippen LogP contribution in [0.1, 0.15) is 26.3 Å². The second kappa shape index (κ2) is 6.61. The van der Waals surface area contributed by atoms with Gasteiger partial charge < -0.3 is 14.7 Å². The van der Waals surface area contributed by atoms with Gasteiger partial charge in [0.25, 0.3) is 0 Å². The highest BCUT2D eigenvalue weighted by atomic mass is 32.1. The molecule has 3 aromatic heterocycles. The Morgan fingerprint density at radius 2 is 2.31 bits per heavy atom. The minimum Gasteiger partial charge on any atom is -0.395 e. The SMILES string of the molecule is C[C@@H]1COCCN1c1cc(C(C)(C)CO)c2snc(-c3ccn[nH]3)c2n1. The summed E-state index contributed by atoms with van der Waals surface area (Å²) in [5.74, 6) is 0.908. The Balaban J connectivity index is 1.94. The van der Waals surface area contributed by atoms with Crippen LogP contribution in [0.3, 0.4) is 0 Å². The maximum absolute atomic E-state index is 9.96. The fourth-order valence-corrected chi connectivity index (χ4v) is 4.30. The molecule has 2 N–H and O–H groups in total. The van der Waals surface area contributed by atoms with Gasteiger partial charge in [0.05, 0.1) is 36.3 Å². The Kier molecular flexibility index (Phi) is 4.42. The van der Waals surface area contributed by atoms with Gasteiger partial charge in [-0.2, -0.15) is 9.47 Å². The summed E-state index contributed by atoms with van der Waals surface area (Å²) in [4.78, 5) is 7.23. The normalized spacial score (nSPS) is 18.6. The quantitative estimate of drug-likeness (QED) is 0.731. The number of rotatable bonds is 4. The first kappa shape index (κ1) is 17.4. The zero-order valence-electron chi connectivity index (χ0n) is 15.2. The number of fused-ring (bicyclic) bond motifs is 1. The van der Waals surface area contributed by atoms with E-state index in [0.717, 1.165) is 39.5 Å². The standard InChI is InChI=1S/C18H23N5O2S/c1-11-9-25-7-6-23(11)14-8-12(18(2,3)10-24)17-16(20-14)15(22-26-17)13-4-5-19-21-13/h4-5,8,11,24H,6-7,9-10H2,1-3H3,(H,19,21)/t11-/m1/s1. The average Bonchev–Trinajstić information content (AvgIpc) is 3.30. The number of aromatic amines is 1. The third-order valence-corrected chi connectivity index (χ3v) is 5.82. The van der Waals surface area contributed by atoms with Crippen molar-refractivity contribution in [3.05, 3.63) is 23.9 Å². The lowest BCUT2D eigenvalue weighted by atomic mass is 9.85. The molecule has 1 saturated heterocycles. The number of morpholine rings is 1. The maximum atomic E-state index is 9.96. The number of aliphatic hydroxyl groups excluding tert-OH is 1. The van der Waals surface area contributed by atoms with Crippen molar-refractivity contribution in [1.29, 1.82) is 0 Å². The fourth-order valence-electron chi connectivity index (χ4n) is 3.27. The van der Waals surface area contributed by atoms with Crippen LogP contribution < -0.4 is 4.90 Å². The van der Waals surface area contributed by atoms with Gasteiger partial charge in [-0.1, -0.05) is 13.8 Å². The molecule has 1 aliphatic rings. The second-order valence-electron chi connectivity index (χ2n) is 7.37. The molecule has 1 aliphatic heterocycles. The van der Waals surface area contributed by atoms with E-state index >= 15 is 0 Å². The number of pyridine rings is 1. The molecule has 0 saturated carbocycles. The first-order valence-electron chi connectivity index (χ1n) is 8.77. The summed E-state index contributed by atoms with van der Waals surface area (Å²) in [7, 11) is 0. The molecule has 4 rings (SSSR count). The average molecular weight is 373 g/mol. The number of nitrogens with zero attached hydrogens (tertiary/aromatic N) is 4.